The molecule has 1 heterocycles. The summed E-state index contributed by atoms with van der Waals surface area (Å²) in [6, 6.07) is 8.15. The van der Waals surface area contributed by atoms with Gasteiger partial charge in [0.2, 0.25) is 5.91 Å². The minimum Gasteiger partial charge on any atom is -0.326 e. The predicted octanol–water partition coefficient (Wildman–Crippen LogP) is 1.65. The van der Waals surface area contributed by atoms with Crippen molar-refractivity contribution < 1.29 is 4.79 Å². The van der Waals surface area contributed by atoms with E-state index in [1.54, 1.807) is 11.0 Å². The van der Waals surface area contributed by atoms with Gasteiger partial charge in [0, 0.05) is 24.7 Å². The molecule has 21 heavy (non-hydrogen) atoms. The molecule has 0 unspecified atom stereocenters. The van der Waals surface area contributed by atoms with Crippen LogP contribution >= 0.6 is 0 Å². The Hall–Kier alpha value is -2.21. The van der Waals surface area contributed by atoms with Crippen LogP contribution < -0.4 is 10.6 Å². The second-order valence-corrected chi connectivity index (χ2v) is 5.20. The zero-order valence-corrected chi connectivity index (χ0v) is 12.4. The Bertz CT molecular complexity index is 548. The van der Waals surface area contributed by atoms with Crippen molar-refractivity contribution >= 4 is 11.6 Å². The number of rotatable bonds is 7. The summed E-state index contributed by atoms with van der Waals surface area (Å²) in [6.45, 7) is 5.48. The van der Waals surface area contributed by atoms with Crippen LogP contribution in [0.15, 0.2) is 36.9 Å². The highest BCUT2D eigenvalue weighted by molar-refractivity contribution is 5.90. The molecular formula is C15H21N5O. The lowest BCUT2D eigenvalue weighted by atomic mass is 10.2. The normalized spacial score (nSPS) is 10.8. The highest BCUT2D eigenvalue weighted by atomic mass is 16.1. The van der Waals surface area contributed by atoms with Crippen molar-refractivity contribution in [1.82, 2.24) is 20.1 Å². The average Bonchev–Trinajstić information content (AvgIpc) is 2.93. The smallest absolute Gasteiger partial charge is 0.225 e. The van der Waals surface area contributed by atoms with Gasteiger partial charge in [-0.15, -0.1) is 0 Å². The first-order valence-corrected chi connectivity index (χ1v) is 7.08. The number of carbonyl (C=O) groups is 1. The van der Waals surface area contributed by atoms with Crippen LogP contribution in [0.25, 0.3) is 0 Å². The molecule has 0 fully saturated rings. The van der Waals surface area contributed by atoms with Gasteiger partial charge in [0.25, 0.3) is 0 Å². The molecule has 0 saturated heterocycles. The highest BCUT2D eigenvalue weighted by Crippen LogP contribution is 2.10. The summed E-state index contributed by atoms with van der Waals surface area (Å²) in [5.74, 6) is 0.0205. The number of nitrogens with zero attached hydrogens (tertiary/aromatic N) is 3. The summed E-state index contributed by atoms with van der Waals surface area (Å²) in [5.41, 5.74) is 1.92. The van der Waals surface area contributed by atoms with Crippen LogP contribution in [0.1, 0.15) is 25.8 Å². The first-order chi connectivity index (χ1) is 10.1. The molecule has 1 amide bonds. The van der Waals surface area contributed by atoms with Crippen LogP contribution in [0.3, 0.4) is 0 Å². The summed E-state index contributed by atoms with van der Waals surface area (Å²) in [7, 11) is 0. The highest BCUT2D eigenvalue weighted by Gasteiger charge is 2.03. The fraction of sp³-hybridized carbons (Fsp3) is 0.400. The summed E-state index contributed by atoms with van der Waals surface area (Å²) in [5, 5.41) is 10.2. The third-order valence-corrected chi connectivity index (χ3v) is 2.95. The number of benzene rings is 1. The van der Waals surface area contributed by atoms with Crippen molar-refractivity contribution in [1.29, 1.82) is 0 Å². The van der Waals surface area contributed by atoms with Crippen molar-refractivity contribution in [2.75, 3.05) is 11.9 Å². The van der Waals surface area contributed by atoms with Gasteiger partial charge in [-0.05, 0) is 17.7 Å². The molecule has 0 aliphatic heterocycles. The summed E-state index contributed by atoms with van der Waals surface area (Å²) >= 11 is 0. The number of hydrogen-bond acceptors (Lipinski definition) is 4. The summed E-state index contributed by atoms with van der Waals surface area (Å²) < 4.78 is 1.76. The average molecular weight is 287 g/mol. The van der Waals surface area contributed by atoms with Gasteiger partial charge in [-0.2, -0.15) is 5.10 Å². The minimum absolute atomic E-state index is 0.0205. The number of amides is 1. The van der Waals surface area contributed by atoms with Crippen LogP contribution in [0, 0.1) is 0 Å². The van der Waals surface area contributed by atoms with Gasteiger partial charge in [-0.1, -0.05) is 26.0 Å². The maximum Gasteiger partial charge on any atom is 0.225 e. The quantitative estimate of drug-likeness (QED) is 0.812. The van der Waals surface area contributed by atoms with E-state index < -0.39 is 0 Å². The molecule has 112 valence electrons. The Kier molecular flexibility index (Phi) is 5.45. The van der Waals surface area contributed by atoms with E-state index in [9.17, 15) is 4.79 Å². The van der Waals surface area contributed by atoms with Crippen molar-refractivity contribution in [2.24, 2.45) is 0 Å². The number of hydrogen-bond donors (Lipinski definition) is 2. The third-order valence-electron chi connectivity index (χ3n) is 2.95. The standard InChI is InChI=1S/C15H21N5O/c1-12(2)17-8-7-15(21)19-14-5-3-13(4-6-14)9-20-11-16-10-18-20/h3-6,10-12,17H,7-9H2,1-2H3,(H,19,21). The van der Waals surface area contributed by atoms with Crippen LogP contribution in [0.4, 0.5) is 5.69 Å². The summed E-state index contributed by atoms with van der Waals surface area (Å²) in [4.78, 5) is 15.7. The van der Waals surface area contributed by atoms with E-state index in [2.05, 4.69) is 34.6 Å². The van der Waals surface area contributed by atoms with E-state index in [4.69, 9.17) is 0 Å². The van der Waals surface area contributed by atoms with Crippen LogP contribution in [-0.2, 0) is 11.3 Å². The molecule has 6 nitrogen and oxygen atoms in total. The SMILES string of the molecule is CC(C)NCCC(=O)Nc1ccc(Cn2cncn2)cc1. The maximum atomic E-state index is 11.8. The zero-order valence-electron chi connectivity index (χ0n) is 12.4. The molecule has 1 aromatic carbocycles. The van der Waals surface area contributed by atoms with Crippen LogP contribution in [0.5, 0.6) is 0 Å². The van der Waals surface area contributed by atoms with Gasteiger partial charge in [0.05, 0.1) is 6.54 Å². The lowest BCUT2D eigenvalue weighted by Gasteiger charge is -2.09. The van der Waals surface area contributed by atoms with Gasteiger partial charge in [-0.25, -0.2) is 9.67 Å². The second kappa shape index (κ2) is 7.54. The predicted molar refractivity (Wildman–Crippen MR) is 82.0 cm³/mol. The Morgan fingerprint density at radius 3 is 2.67 bits per heavy atom. The van der Waals surface area contributed by atoms with Crippen molar-refractivity contribution in [3.63, 3.8) is 0 Å². The lowest BCUT2D eigenvalue weighted by molar-refractivity contribution is -0.116. The van der Waals surface area contributed by atoms with E-state index >= 15 is 0 Å². The van der Waals surface area contributed by atoms with E-state index in [1.807, 2.05) is 24.3 Å². The van der Waals surface area contributed by atoms with E-state index in [1.165, 1.54) is 6.33 Å². The first-order valence-electron chi connectivity index (χ1n) is 7.08. The molecule has 1 aromatic heterocycles. The van der Waals surface area contributed by atoms with Crippen molar-refractivity contribution in [3.05, 3.63) is 42.5 Å². The first kappa shape index (κ1) is 15.2. The van der Waals surface area contributed by atoms with Crippen LogP contribution in [0.2, 0.25) is 0 Å². The summed E-state index contributed by atoms with van der Waals surface area (Å²) in [6.07, 6.45) is 3.66. The number of anilines is 1. The third kappa shape index (κ3) is 5.35. The zero-order chi connectivity index (χ0) is 15.1. The topological polar surface area (TPSA) is 71.8 Å². The lowest BCUT2D eigenvalue weighted by Crippen LogP contribution is -2.27. The van der Waals surface area contributed by atoms with Gasteiger partial charge in [0.15, 0.2) is 0 Å². The maximum absolute atomic E-state index is 11.8. The van der Waals surface area contributed by atoms with Gasteiger partial charge in [0.1, 0.15) is 12.7 Å². The largest absolute Gasteiger partial charge is 0.326 e. The van der Waals surface area contributed by atoms with E-state index in [0.29, 0.717) is 25.6 Å². The fourth-order valence-electron chi connectivity index (χ4n) is 1.89. The molecule has 2 aromatic rings. The molecule has 2 rings (SSSR count). The Labute approximate surface area is 124 Å². The molecule has 0 saturated carbocycles. The number of aromatic nitrogens is 3. The Balaban J connectivity index is 1.80. The van der Waals surface area contributed by atoms with Crippen molar-refractivity contribution in [2.45, 2.75) is 32.9 Å². The molecule has 0 atom stereocenters. The van der Waals surface area contributed by atoms with E-state index in [-0.39, 0.29) is 5.91 Å². The molecule has 0 aliphatic rings. The van der Waals surface area contributed by atoms with Gasteiger partial charge >= 0.3 is 0 Å². The van der Waals surface area contributed by atoms with E-state index in [0.717, 1.165) is 11.3 Å². The Morgan fingerprint density at radius 1 is 1.29 bits per heavy atom. The Morgan fingerprint density at radius 2 is 2.05 bits per heavy atom. The molecule has 0 bridgehead atoms. The van der Waals surface area contributed by atoms with Gasteiger partial charge < -0.3 is 10.6 Å². The number of carbonyl (C=O) groups excluding carboxylic acids is 1. The monoisotopic (exact) mass is 287 g/mol. The molecule has 0 spiro atoms. The molecule has 2 N–H and O–H groups in total. The molecular weight excluding hydrogens is 266 g/mol. The van der Waals surface area contributed by atoms with Crippen LogP contribution in [-0.4, -0.2) is 33.3 Å². The second-order valence-electron chi connectivity index (χ2n) is 5.20. The van der Waals surface area contributed by atoms with Crippen molar-refractivity contribution in [3.8, 4) is 0 Å². The van der Waals surface area contributed by atoms with Gasteiger partial charge in [-0.3, -0.25) is 4.79 Å². The molecule has 0 aliphatic carbocycles. The molecule has 6 heteroatoms. The molecule has 0 radical (unpaired) electrons. The fourth-order valence-corrected chi connectivity index (χ4v) is 1.89. The number of nitrogens with one attached hydrogen (secondary N) is 2. The minimum atomic E-state index is 0.0205.